The third-order valence-corrected chi connectivity index (χ3v) is 3.62. The smallest absolute Gasteiger partial charge is 0.370 e. The molecule has 0 spiro atoms. The first-order chi connectivity index (χ1) is 11.5. The number of alkyl halides is 3. The van der Waals surface area contributed by atoms with Crippen molar-refractivity contribution in [3.8, 4) is 0 Å². The number of halogens is 4. The summed E-state index contributed by atoms with van der Waals surface area (Å²) in [5.41, 5.74) is -0.744. The lowest BCUT2D eigenvalue weighted by Crippen LogP contribution is -2.43. The van der Waals surface area contributed by atoms with Gasteiger partial charge in [0, 0.05) is 32.4 Å². The van der Waals surface area contributed by atoms with Crippen LogP contribution in [0.4, 0.5) is 19.0 Å². The van der Waals surface area contributed by atoms with E-state index in [1.807, 2.05) is 0 Å². The molecule has 1 heterocycles. The highest BCUT2D eigenvalue weighted by Crippen LogP contribution is 2.28. The standard InChI is InChI=1S/C16H22F3N5.HI/c1-20-15(24-13-5-2-3-6-13)22-10-4-9-21-14-8-7-12(11-23-14)16(17,18)19;/h2-3,7-8,11,13H,4-6,9-10H2,1H3,(H,21,23)(H2,20,22,24);1H. The molecule has 0 saturated carbocycles. The first kappa shape index (κ1) is 21.5. The fourth-order valence-corrected chi connectivity index (χ4v) is 2.30. The molecule has 0 unspecified atom stereocenters. The van der Waals surface area contributed by atoms with Gasteiger partial charge in [0.25, 0.3) is 0 Å². The van der Waals surface area contributed by atoms with E-state index in [0.717, 1.165) is 37.5 Å². The first-order valence-electron chi connectivity index (χ1n) is 7.88. The van der Waals surface area contributed by atoms with Crippen molar-refractivity contribution in [1.29, 1.82) is 0 Å². The minimum atomic E-state index is -4.35. The van der Waals surface area contributed by atoms with Crippen molar-refractivity contribution in [2.45, 2.75) is 31.5 Å². The van der Waals surface area contributed by atoms with Crippen molar-refractivity contribution < 1.29 is 13.2 Å². The summed E-state index contributed by atoms with van der Waals surface area (Å²) in [6, 6.07) is 2.75. The summed E-state index contributed by atoms with van der Waals surface area (Å²) in [7, 11) is 1.72. The zero-order valence-corrected chi connectivity index (χ0v) is 16.3. The molecule has 9 heteroatoms. The Kier molecular flexibility index (Phi) is 9.01. The molecule has 5 nitrogen and oxygen atoms in total. The lowest BCUT2D eigenvalue weighted by atomic mass is 10.2. The molecule has 0 fully saturated rings. The van der Waals surface area contributed by atoms with Crippen LogP contribution < -0.4 is 16.0 Å². The van der Waals surface area contributed by atoms with Crippen molar-refractivity contribution in [2.24, 2.45) is 4.99 Å². The van der Waals surface area contributed by atoms with Gasteiger partial charge in [-0.15, -0.1) is 24.0 Å². The molecule has 3 N–H and O–H groups in total. The molecule has 2 rings (SSSR count). The van der Waals surface area contributed by atoms with Gasteiger partial charge < -0.3 is 16.0 Å². The fourth-order valence-electron chi connectivity index (χ4n) is 2.30. The summed E-state index contributed by atoms with van der Waals surface area (Å²) in [4.78, 5) is 7.94. The van der Waals surface area contributed by atoms with Crippen LogP contribution in [0.5, 0.6) is 0 Å². The molecule has 0 radical (unpaired) electrons. The highest BCUT2D eigenvalue weighted by Gasteiger charge is 2.30. The monoisotopic (exact) mass is 469 g/mol. The molecule has 1 aromatic rings. The SMILES string of the molecule is CN=C(NCCCNc1ccc(C(F)(F)F)cn1)NC1CC=CC1.I. The molecule has 0 amide bonds. The highest BCUT2D eigenvalue weighted by molar-refractivity contribution is 14.0. The average molecular weight is 469 g/mol. The van der Waals surface area contributed by atoms with E-state index in [9.17, 15) is 13.2 Å². The molecule has 0 saturated heterocycles. The predicted molar refractivity (Wildman–Crippen MR) is 104 cm³/mol. The highest BCUT2D eigenvalue weighted by atomic mass is 127. The Morgan fingerprint density at radius 2 is 1.96 bits per heavy atom. The van der Waals surface area contributed by atoms with Gasteiger partial charge in [0.15, 0.2) is 5.96 Å². The second-order valence-corrected chi connectivity index (χ2v) is 5.49. The van der Waals surface area contributed by atoms with Gasteiger partial charge in [0.2, 0.25) is 0 Å². The number of nitrogens with zero attached hydrogens (tertiary/aromatic N) is 2. The van der Waals surface area contributed by atoms with Gasteiger partial charge in [0.1, 0.15) is 5.82 Å². The van der Waals surface area contributed by atoms with E-state index < -0.39 is 11.7 Å². The Hall–Kier alpha value is -1.52. The number of hydrogen-bond acceptors (Lipinski definition) is 3. The van der Waals surface area contributed by atoms with Gasteiger partial charge >= 0.3 is 6.18 Å². The molecule has 1 aromatic heterocycles. The molecule has 0 aliphatic heterocycles. The van der Waals surface area contributed by atoms with Crippen molar-refractivity contribution in [3.63, 3.8) is 0 Å². The summed E-state index contributed by atoms with van der Waals surface area (Å²) in [6.07, 6.45) is 3.56. The third kappa shape index (κ3) is 7.49. The number of hydrogen-bond donors (Lipinski definition) is 3. The predicted octanol–water partition coefficient (Wildman–Crippen LogP) is 3.40. The van der Waals surface area contributed by atoms with Crippen LogP contribution in [0.1, 0.15) is 24.8 Å². The number of aromatic nitrogens is 1. The van der Waals surface area contributed by atoms with E-state index in [2.05, 4.69) is 38.1 Å². The Bertz CT molecular complexity index is 564. The normalized spacial score (nSPS) is 15.0. The largest absolute Gasteiger partial charge is 0.417 e. The number of pyridine rings is 1. The minimum absolute atomic E-state index is 0. The van der Waals surface area contributed by atoms with E-state index in [-0.39, 0.29) is 24.0 Å². The Balaban J connectivity index is 0.00000312. The van der Waals surface area contributed by atoms with E-state index in [4.69, 9.17) is 0 Å². The summed E-state index contributed by atoms with van der Waals surface area (Å²) < 4.78 is 37.3. The lowest BCUT2D eigenvalue weighted by molar-refractivity contribution is -0.137. The molecular formula is C16H23F3IN5. The summed E-state index contributed by atoms with van der Waals surface area (Å²) in [6.45, 7) is 1.31. The zero-order chi connectivity index (χ0) is 17.4. The van der Waals surface area contributed by atoms with Crippen LogP contribution >= 0.6 is 24.0 Å². The molecular weight excluding hydrogens is 446 g/mol. The van der Waals surface area contributed by atoms with Crippen molar-refractivity contribution >= 4 is 35.8 Å². The summed E-state index contributed by atoms with van der Waals surface area (Å²) in [5.74, 6) is 1.19. The molecule has 140 valence electrons. The molecule has 0 atom stereocenters. The van der Waals surface area contributed by atoms with E-state index >= 15 is 0 Å². The Morgan fingerprint density at radius 3 is 2.52 bits per heavy atom. The molecule has 25 heavy (non-hydrogen) atoms. The second kappa shape index (κ2) is 10.5. The molecule has 0 bridgehead atoms. The first-order valence-corrected chi connectivity index (χ1v) is 7.88. The quantitative estimate of drug-likeness (QED) is 0.197. The maximum atomic E-state index is 12.4. The van der Waals surface area contributed by atoms with Gasteiger partial charge in [-0.1, -0.05) is 12.2 Å². The lowest BCUT2D eigenvalue weighted by Gasteiger charge is -2.17. The van der Waals surface area contributed by atoms with Crippen LogP contribution in [0.2, 0.25) is 0 Å². The van der Waals surface area contributed by atoms with Crippen LogP contribution in [0.15, 0.2) is 35.5 Å². The number of anilines is 1. The van der Waals surface area contributed by atoms with E-state index in [1.165, 1.54) is 6.07 Å². The zero-order valence-electron chi connectivity index (χ0n) is 13.9. The van der Waals surface area contributed by atoms with Gasteiger partial charge in [-0.2, -0.15) is 13.2 Å². The van der Waals surface area contributed by atoms with Gasteiger partial charge in [-0.25, -0.2) is 4.98 Å². The molecule has 1 aliphatic rings. The minimum Gasteiger partial charge on any atom is -0.370 e. The maximum absolute atomic E-state index is 12.4. The fraction of sp³-hybridized carbons (Fsp3) is 0.500. The number of rotatable bonds is 6. The van der Waals surface area contributed by atoms with E-state index in [1.54, 1.807) is 7.05 Å². The van der Waals surface area contributed by atoms with Crippen molar-refractivity contribution in [3.05, 3.63) is 36.0 Å². The Morgan fingerprint density at radius 1 is 1.24 bits per heavy atom. The summed E-state index contributed by atoms with van der Waals surface area (Å²) >= 11 is 0. The Labute approximate surface area is 162 Å². The second-order valence-electron chi connectivity index (χ2n) is 5.49. The van der Waals surface area contributed by atoms with Crippen LogP contribution in [-0.4, -0.2) is 37.1 Å². The van der Waals surface area contributed by atoms with Gasteiger partial charge in [0.05, 0.1) is 5.56 Å². The van der Waals surface area contributed by atoms with E-state index in [0.29, 0.717) is 24.9 Å². The topological polar surface area (TPSA) is 61.3 Å². The maximum Gasteiger partial charge on any atom is 0.417 e. The number of aliphatic imine (C=N–C) groups is 1. The van der Waals surface area contributed by atoms with Crippen LogP contribution in [0, 0.1) is 0 Å². The molecule has 0 aromatic carbocycles. The van der Waals surface area contributed by atoms with Crippen molar-refractivity contribution in [1.82, 2.24) is 15.6 Å². The molecule has 1 aliphatic carbocycles. The van der Waals surface area contributed by atoms with Crippen LogP contribution in [0.3, 0.4) is 0 Å². The van der Waals surface area contributed by atoms with Crippen LogP contribution in [-0.2, 0) is 6.18 Å². The third-order valence-electron chi connectivity index (χ3n) is 3.62. The van der Waals surface area contributed by atoms with Crippen molar-refractivity contribution in [2.75, 3.05) is 25.5 Å². The van der Waals surface area contributed by atoms with Gasteiger partial charge in [-0.3, -0.25) is 4.99 Å². The average Bonchev–Trinajstić information content (AvgIpc) is 3.06. The van der Waals surface area contributed by atoms with Gasteiger partial charge in [-0.05, 0) is 31.4 Å². The number of nitrogens with one attached hydrogen (secondary N) is 3. The van der Waals surface area contributed by atoms with Crippen LogP contribution in [0.25, 0.3) is 0 Å². The number of guanidine groups is 1. The summed E-state index contributed by atoms with van der Waals surface area (Å²) in [5, 5.41) is 9.54.